The van der Waals surface area contributed by atoms with Crippen LogP contribution in [0.3, 0.4) is 0 Å². The highest BCUT2D eigenvalue weighted by atomic mass is 16.5. The molecule has 2 atom stereocenters. The van der Waals surface area contributed by atoms with Crippen LogP contribution in [0.4, 0.5) is 5.69 Å². The Balaban J connectivity index is 2.16. The van der Waals surface area contributed by atoms with Crippen molar-refractivity contribution in [2.75, 3.05) is 11.9 Å². The van der Waals surface area contributed by atoms with Crippen LogP contribution in [0.2, 0.25) is 0 Å². The first-order valence-electron chi connectivity index (χ1n) is 7.25. The van der Waals surface area contributed by atoms with Crippen LogP contribution in [-0.4, -0.2) is 29.3 Å². The van der Waals surface area contributed by atoms with Crippen LogP contribution < -0.4 is 5.32 Å². The van der Waals surface area contributed by atoms with E-state index in [9.17, 15) is 9.90 Å². The normalized spacial score (nSPS) is 26.2. The fourth-order valence-electron chi connectivity index (χ4n) is 2.73. The van der Waals surface area contributed by atoms with Crippen LogP contribution in [0.5, 0.6) is 0 Å². The molecule has 110 valence electrons. The monoisotopic (exact) mass is 277 g/mol. The average Bonchev–Trinajstić information content (AvgIpc) is 2.42. The Morgan fingerprint density at radius 2 is 2.15 bits per heavy atom. The van der Waals surface area contributed by atoms with Crippen molar-refractivity contribution in [1.82, 2.24) is 0 Å². The lowest BCUT2D eigenvalue weighted by molar-refractivity contribution is -0.148. The minimum atomic E-state index is -0.909. The van der Waals surface area contributed by atoms with E-state index in [1.54, 1.807) is 0 Å². The number of carboxylic acids is 1. The number of anilines is 1. The lowest BCUT2D eigenvalue weighted by Gasteiger charge is -2.39. The zero-order valence-electron chi connectivity index (χ0n) is 12.2. The van der Waals surface area contributed by atoms with Crippen LogP contribution in [0.25, 0.3) is 0 Å². The van der Waals surface area contributed by atoms with Crippen LogP contribution in [0.1, 0.15) is 38.2 Å². The Hall–Kier alpha value is -1.55. The van der Waals surface area contributed by atoms with Gasteiger partial charge < -0.3 is 15.2 Å². The third-order valence-electron chi connectivity index (χ3n) is 3.91. The number of nitrogens with one attached hydrogen (secondary N) is 1. The van der Waals surface area contributed by atoms with Crippen molar-refractivity contribution in [2.45, 2.75) is 51.2 Å². The van der Waals surface area contributed by atoms with E-state index in [0.717, 1.165) is 24.1 Å². The molecule has 1 aliphatic heterocycles. The standard InChI is InChI=1S/C16H23NO3/c1-3-4-14-11-16(15(18)19,9-10-20-14)17-13-7-5-12(2)6-8-13/h5-8,14,17H,3-4,9-11H2,1-2H3,(H,18,19). The summed E-state index contributed by atoms with van der Waals surface area (Å²) in [5.74, 6) is -0.789. The first-order valence-corrected chi connectivity index (χ1v) is 7.25. The van der Waals surface area contributed by atoms with E-state index in [4.69, 9.17) is 4.74 Å². The van der Waals surface area contributed by atoms with Gasteiger partial charge in [0.15, 0.2) is 0 Å². The van der Waals surface area contributed by atoms with Gasteiger partial charge in [-0.2, -0.15) is 0 Å². The third kappa shape index (κ3) is 3.31. The van der Waals surface area contributed by atoms with Crippen molar-refractivity contribution in [3.63, 3.8) is 0 Å². The van der Waals surface area contributed by atoms with Crippen molar-refractivity contribution < 1.29 is 14.6 Å². The molecule has 0 aromatic heterocycles. The van der Waals surface area contributed by atoms with Gasteiger partial charge in [-0.3, -0.25) is 0 Å². The molecule has 20 heavy (non-hydrogen) atoms. The Labute approximate surface area is 120 Å². The van der Waals surface area contributed by atoms with Gasteiger partial charge in [-0.05, 0) is 25.5 Å². The summed E-state index contributed by atoms with van der Waals surface area (Å²) < 4.78 is 5.68. The predicted molar refractivity (Wildman–Crippen MR) is 79.1 cm³/mol. The van der Waals surface area contributed by atoms with E-state index in [1.807, 2.05) is 31.2 Å². The lowest BCUT2D eigenvalue weighted by atomic mass is 9.85. The van der Waals surface area contributed by atoms with Gasteiger partial charge in [-0.1, -0.05) is 31.0 Å². The predicted octanol–water partition coefficient (Wildman–Crippen LogP) is 3.21. The van der Waals surface area contributed by atoms with Gasteiger partial charge in [-0.15, -0.1) is 0 Å². The van der Waals surface area contributed by atoms with Crippen molar-refractivity contribution in [2.24, 2.45) is 0 Å². The fraction of sp³-hybridized carbons (Fsp3) is 0.562. The Kier molecular flexibility index (Phi) is 4.65. The molecular formula is C16H23NO3. The van der Waals surface area contributed by atoms with Crippen LogP contribution >= 0.6 is 0 Å². The molecule has 1 fully saturated rings. The second kappa shape index (κ2) is 6.27. The van der Waals surface area contributed by atoms with Crippen molar-refractivity contribution in [3.05, 3.63) is 29.8 Å². The molecule has 0 bridgehead atoms. The highest BCUT2D eigenvalue weighted by Crippen LogP contribution is 2.31. The van der Waals surface area contributed by atoms with E-state index in [0.29, 0.717) is 19.4 Å². The second-order valence-electron chi connectivity index (χ2n) is 5.61. The van der Waals surface area contributed by atoms with Crippen molar-refractivity contribution >= 4 is 11.7 Å². The number of benzene rings is 1. The highest BCUT2D eigenvalue weighted by Gasteiger charge is 2.43. The molecule has 4 nitrogen and oxygen atoms in total. The SMILES string of the molecule is CCCC1CC(Nc2ccc(C)cc2)(C(=O)O)CCO1. The van der Waals surface area contributed by atoms with Gasteiger partial charge in [0, 0.05) is 25.1 Å². The summed E-state index contributed by atoms with van der Waals surface area (Å²) in [6, 6.07) is 7.84. The summed E-state index contributed by atoms with van der Waals surface area (Å²) in [5, 5.41) is 12.9. The number of hydrogen-bond acceptors (Lipinski definition) is 3. The number of hydrogen-bond donors (Lipinski definition) is 2. The molecule has 4 heteroatoms. The molecule has 0 amide bonds. The minimum absolute atomic E-state index is 0.0304. The Bertz CT molecular complexity index is 455. The zero-order valence-corrected chi connectivity index (χ0v) is 12.2. The molecule has 2 rings (SSSR count). The van der Waals surface area contributed by atoms with Gasteiger partial charge >= 0.3 is 5.97 Å². The maximum absolute atomic E-state index is 11.8. The average molecular weight is 277 g/mol. The number of aliphatic carboxylic acids is 1. The summed E-state index contributed by atoms with van der Waals surface area (Å²) in [7, 11) is 0. The number of carbonyl (C=O) groups is 1. The topological polar surface area (TPSA) is 58.6 Å². The highest BCUT2D eigenvalue weighted by molar-refractivity contribution is 5.83. The first kappa shape index (κ1) is 14.9. The fourth-order valence-corrected chi connectivity index (χ4v) is 2.73. The van der Waals surface area contributed by atoms with Crippen molar-refractivity contribution in [1.29, 1.82) is 0 Å². The maximum atomic E-state index is 11.8. The second-order valence-corrected chi connectivity index (χ2v) is 5.61. The molecule has 2 N–H and O–H groups in total. The van der Waals surface area contributed by atoms with Gasteiger partial charge in [-0.25, -0.2) is 4.79 Å². The largest absolute Gasteiger partial charge is 0.480 e. The van der Waals surface area contributed by atoms with Crippen molar-refractivity contribution in [3.8, 4) is 0 Å². The first-order chi connectivity index (χ1) is 9.55. The molecule has 0 radical (unpaired) electrons. The smallest absolute Gasteiger partial charge is 0.329 e. The van der Waals surface area contributed by atoms with Gasteiger partial charge in [0.05, 0.1) is 6.10 Å². The van der Waals surface area contributed by atoms with E-state index in [-0.39, 0.29) is 6.10 Å². The molecule has 2 unspecified atom stereocenters. The van der Waals surface area contributed by atoms with Gasteiger partial charge in [0.1, 0.15) is 5.54 Å². The quantitative estimate of drug-likeness (QED) is 0.867. The summed E-state index contributed by atoms with van der Waals surface area (Å²) in [6.07, 6.45) is 2.96. The van der Waals surface area contributed by atoms with E-state index in [1.165, 1.54) is 0 Å². The summed E-state index contributed by atoms with van der Waals surface area (Å²) in [6.45, 7) is 4.60. The van der Waals surface area contributed by atoms with Gasteiger partial charge in [0.25, 0.3) is 0 Å². The Morgan fingerprint density at radius 1 is 1.45 bits per heavy atom. The molecule has 1 aromatic rings. The molecule has 0 saturated carbocycles. The minimum Gasteiger partial charge on any atom is -0.480 e. The van der Waals surface area contributed by atoms with Crippen LogP contribution in [0, 0.1) is 6.92 Å². The number of carboxylic acid groups (broad SMARTS) is 1. The summed E-state index contributed by atoms with van der Waals surface area (Å²) in [4.78, 5) is 11.8. The maximum Gasteiger partial charge on any atom is 0.329 e. The number of aryl methyl sites for hydroxylation is 1. The van der Waals surface area contributed by atoms with Crippen LogP contribution in [-0.2, 0) is 9.53 Å². The van der Waals surface area contributed by atoms with E-state index in [2.05, 4.69) is 12.2 Å². The molecule has 1 saturated heterocycles. The van der Waals surface area contributed by atoms with E-state index >= 15 is 0 Å². The molecule has 1 heterocycles. The third-order valence-corrected chi connectivity index (χ3v) is 3.91. The molecular weight excluding hydrogens is 254 g/mol. The number of ether oxygens (including phenoxy) is 1. The van der Waals surface area contributed by atoms with Crippen LogP contribution in [0.15, 0.2) is 24.3 Å². The molecule has 1 aliphatic rings. The summed E-state index contributed by atoms with van der Waals surface area (Å²) in [5.41, 5.74) is 1.11. The molecule has 0 spiro atoms. The molecule has 1 aromatic carbocycles. The summed E-state index contributed by atoms with van der Waals surface area (Å²) >= 11 is 0. The zero-order chi connectivity index (χ0) is 14.6. The number of rotatable bonds is 5. The van der Waals surface area contributed by atoms with E-state index < -0.39 is 11.5 Å². The Morgan fingerprint density at radius 3 is 2.75 bits per heavy atom. The lowest BCUT2D eigenvalue weighted by Crippen LogP contribution is -2.53. The van der Waals surface area contributed by atoms with Gasteiger partial charge in [0.2, 0.25) is 0 Å². The molecule has 0 aliphatic carbocycles.